The van der Waals surface area contributed by atoms with Crippen molar-refractivity contribution >= 4 is 28.9 Å². The van der Waals surface area contributed by atoms with Crippen LogP contribution in [-0.2, 0) is 9.59 Å². The van der Waals surface area contributed by atoms with Gasteiger partial charge in [-0.2, -0.15) is 0 Å². The fraction of sp³-hybridized carbons (Fsp3) is 0.667. The van der Waals surface area contributed by atoms with Gasteiger partial charge in [-0.05, 0) is 79.4 Å². The molecule has 7 atom stereocenters. The minimum absolute atomic E-state index is 0.0758. The minimum atomic E-state index is 0.0758. The van der Waals surface area contributed by atoms with Crippen LogP contribution in [0, 0.1) is 28.6 Å². The van der Waals surface area contributed by atoms with Crippen LogP contribution in [0.2, 0.25) is 0 Å². The predicted octanol–water partition coefficient (Wildman–Crippen LogP) is 4.76. The first-order valence-corrected chi connectivity index (χ1v) is 12.8. The number of hydrogen-bond donors (Lipinski definition) is 1. The molecule has 1 N–H and O–H groups in total. The van der Waals surface area contributed by atoms with Crippen molar-refractivity contribution in [2.45, 2.75) is 77.3 Å². The molecule has 5 rings (SSSR count). The Hall–Kier alpha value is -1.75. The van der Waals surface area contributed by atoms with Gasteiger partial charge in [0.1, 0.15) is 0 Å². The van der Waals surface area contributed by atoms with Crippen LogP contribution in [0.3, 0.4) is 0 Å². The third kappa shape index (κ3) is 3.43. The summed E-state index contributed by atoms with van der Waals surface area (Å²) < 4.78 is 0. The van der Waals surface area contributed by atoms with Gasteiger partial charge in [-0.3, -0.25) is 9.59 Å². The van der Waals surface area contributed by atoms with E-state index in [9.17, 15) is 9.59 Å². The zero-order valence-corrected chi connectivity index (χ0v) is 20.4. The molecular formula is C27H36N2O2S. The van der Waals surface area contributed by atoms with Crippen molar-refractivity contribution in [2.75, 3.05) is 7.05 Å². The number of nitrogens with one attached hydrogen (secondary N) is 1. The summed E-state index contributed by atoms with van der Waals surface area (Å²) in [4.78, 5) is 28.1. The lowest BCUT2D eigenvalue weighted by molar-refractivity contribution is -0.138. The van der Waals surface area contributed by atoms with E-state index in [0.29, 0.717) is 30.2 Å². The van der Waals surface area contributed by atoms with Crippen molar-refractivity contribution in [2.24, 2.45) is 28.6 Å². The Morgan fingerprint density at radius 3 is 2.75 bits per heavy atom. The number of rotatable bonds is 3. The zero-order chi connectivity index (χ0) is 22.7. The van der Waals surface area contributed by atoms with Crippen molar-refractivity contribution in [1.82, 2.24) is 10.2 Å². The minimum Gasteiger partial charge on any atom is -0.353 e. The van der Waals surface area contributed by atoms with E-state index in [4.69, 9.17) is 12.2 Å². The molecule has 1 heterocycles. The third-order valence-electron chi connectivity index (χ3n) is 9.82. The van der Waals surface area contributed by atoms with Gasteiger partial charge in [-0.25, -0.2) is 0 Å². The first-order chi connectivity index (χ1) is 15.2. The molecular weight excluding hydrogens is 416 g/mol. The van der Waals surface area contributed by atoms with Gasteiger partial charge in [-0.1, -0.05) is 44.3 Å². The summed E-state index contributed by atoms with van der Waals surface area (Å²) in [5.74, 6) is 2.25. The molecule has 0 bridgehead atoms. The Morgan fingerprint density at radius 2 is 1.97 bits per heavy atom. The summed E-state index contributed by atoms with van der Waals surface area (Å²) in [6.07, 6.45) is 18.3. The Labute approximate surface area is 197 Å². The topological polar surface area (TPSA) is 49.4 Å². The van der Waals surface area contributed by atoms with Crippen molar-refractivity contribution in [1.29, 1.82) is 0 Å². The number of hydrogen-bond acceptors (Lipinski definition) is 3. The fourth-order valence-electron chi connectivity index (χ4n) is 8.16. The average Bonchev–Trinajstić information content (AvgIpc) is 3.07. The molecule has 4 aliphatic carbocycles. The highest BCUT2D eigenvalue weighted by molar-refractivity contribution is 7.80. The molecule has 32 heavy (non-hydrogen) atoms. The largest absolute Gasteiger partial charge is 0.353 e. The molecule has 0 aromatic heterocycles. The highest BCUT2D eigenvalue weighted by Gasteiger charge is 2.60. The van der Waals surface area contributed by atoms with E-state index < -0.39 is 0 Å². The van der Waals surface area contributed by atoms with Crippen LogP contribution in [0.15, 0.2) is 36.0 Å². The fourth-order valence-corrected chi connectivity index (χ4v) is 8.40. The molecule has 172 valence electrons. The maximum Gasteiger partial charge on any atom is 0.246 e. The molecule has 2 amide bonds. The lowest BCUT2D eigenvalue weighted by Crippen LogP contribution is -2.60. The maximum absolute atomic E-state index is 12.9. The number of thiocarbonyl (C=S) groups is 1. The van der Waals surface area contributed by atoms with E-state index >= 15 is 0 Å². The van der Waals surface area contributed by atoms with Gasteiger partial charge < -0.3 is 10.2 Å². The molecule has 5 aliphatic rings. The summed E-state index contributed by atoms with van der Waals surface area (Å²) in [7, 11) is 1.98. The molecule has 0 saturated heterocycles. The molecule has 3 fully saturated rings. The lowest BCUT2D eigenvalue weighted by atomic mass is 9.48. The molecule has 1 aliphatic heterocycles. The summed E-state index contributed by atoms with van der Waals surface area (Å²) >= 11 is 5.30. The Morgan fingerprint density at radius 1 is 1.16 bits per heavy atom. The quantitative estimate of drug-likeness (QED) is 0.628. The molecule has 3 saturated carbocycles. The second-order valence-corrected chi connectivity index (χ2v) is 11.9. The van der Waals surface area contributed by atoms with Gasteiger partial charge >= 0.3 is 0 Å². The number of nitrogens with zero attached hydrogens (tertiary/aromatic N) is 1. The monoisotopic (exact) mass is 452 g/mol. The van der Waals surface area contributed by atoms with E-state index in [2.05, 4.69) is 31.3 Å². The Balaban J connectivity index is 1.30. The van der Waals surface area contributed by atoms with Crippen molar-refractivity contribution in [3.8, 4) is 0 Å². The number of fused-ring (bicyclic) bond motifs is 5. The number of likely N-dealkylation sites (N-methyl/N-ethyl adjacent to an activating group) is 1. The highest BCUT2D eigenvalue weighted by Crippen LogP contribution is 2.63. The van der Waals surface area contributed by atoms with E-state index in [1.165, 1.54) is 19.3 Å². The molecule has 5 heteroatoms. The molecule has 0 aromatic rings. The van der Waals surface area contributed by atoms with E-state index in [-0.39, 0.29) is 28.7 Å². The van der Waals surface area contributed by atoms with Gasteiger partial charge in [0.15, 0.2) is 0 Å². The zero-order valence-electron chi connectivity index (χ0n) is 19.6. The second-order valence-electron chi connectivity index (χ2n) is 11.3. The van der Waals surface area contributed by atoms with E-state index in [1.807, 2.05) is 30.2 Å². The van der Waals surface area contributed by atoms with E-state index in [1.54, 1.807) is 0 Å². The number of amides is 2. The third-order valence-corrected chi connectivity index (χ3v) is 10.1. The molecule has 0 aromatic carbocycles. The van der Waals surface area contributed by atoms with Crippen LogP contribution in [-0.4, -0.2) is 40.7 Å². The predicted molar refractivity (Wildman–Crippen MR) is 131 cm³/mol. The smallest absolute Gasteiger partial charge is 0.246 e. The second kappa shape index (κ2) is 7.93. The van der Waals surface area contributed by atoms with Gasteiger partial charge in [0.2, 0.25) is 11.8 Å². The first kappa shape index (κ1) is 22.1. The Kier molecular flexibility index (Phi) is 5.47. The van der Waals surface area contributed by atoms with E-state index in [0.717, 1.165) is 36.1 Å². The van der Waals surface area contributed by atoms with Crippen molar-refractivity contribution in [3.63, 3.8) is 0 Å². The van der Waals surface area contributed by atoms with Crippen LogP contribution in [0.4, 0.5) is 0 Å². The summed E-state index contributed by atoms with van der Waals surface area (Å²) in [5, 5.41) is 3.43. The van der Waals surface area contributed by atoms with Crippen molar-refractivity contribution in [3.05, 3.63) is 36.0 Å². The normalized spacial score (nSPS) is 42.8. The highest BCUT2D eigenvalue weighted by atomic mass is 32.1. The first-order valence-electron chi connectivity index (χ1n) is 12.4. The molecule has 4 nitrogen and oxygen atoms in total. The maximum atomic E-state index is 12.9. The molecule has 1 unspecified atom stereocenters. The summed E-state index contributed by atoms with van der Waals surface area (Å²) in [6, 6.07) is 0.586. The van der Waals surface area contributed by atoms with Gasteiger partial charge in [0.05, 0.1) is 6.42 Å². The average molecular weight is 453 g/mol. The van der Waals surface area contributed by atoms with Crippen LogP contribution >= 0.6 is 12.2 Å². The van der Waals surface area contributed by atoms with Gasteiger partial charge in [0, 0.05) is 35.8 Å². The summed E-state index contributed by atoms with van der Waals surface area (Å²) in [5.41, 5.74) is 1.27. The molecule has 0 spiro atoms. The summed E-state index contributed by atoms with van der Waals surface area (Å²) in [6.45, 7) is 4.82. The van der Waals surface area contributed by atoms with Crippen LogP contribution in [0.5, 0.6) is 0 Å². The molecule has 0 radical (unpaired) electrons. The van der Waals surface area contributed by atoms with Crippen LogP contribution in [0.25, 0.3) is 0 Å². The lowest BCUT2D eigenvalue weighted by Gasteiger charge is -2.60. The van der Waals surface area contributed by atoms with Crippen LogP contribution < -0.4 is 5.32 Å². The number of carbonyl (C=O) groups is 2. The Bertz CT molecular complexity index is 936. The SMILES string of the molecule is CN1C(=O)C=C[C@]2(C)[C@H]3CC[C@]4(C)C(NC(=O)CC5=CC(=S)CC=C5)CC[C@H]4[C@@H]3CC[C@@H]12. The van der Waals surface area contributed by atoms with Gasteiger partial charge in [0.25, 0.3) is 0 Å². The number of carbonyl (C=O) groups excluding carboxylic acids is 2. The van der Waals surface area contributed by atoms with Crippen LogP contribution in [0.1, 0.15) is 65.2 Å². The van der Waals surface area contributed by atoms with Gasteiger partial charge in [-0.15, -0.1) is 0 Å². The standard InChI is InChI=1S/C27H36N2O2S/c1-26-13-11-21-19(7-10-23-27(21,2)14-12-25(31)29(23)3)20(26)8-9-22(26)28-24(30)16-17-5-4-6-18(32)15-17/h4-5,12,14-15,19-23H,6-11,13,16H2,1-3H3,(H,28,30)/t19-,20-,21-,22?,23+,26-,27+/m0/s1. The van der Waals surface area contributed by atoms with Crippen molar-refractivity contribution < 1.29 is 9.59 Å². The number of allylic oxidation sites excluding steroid dienone is 3.